The zero-order valence-electron chi connectivity index (χ0n) is 10.9. The maximum absolute atomic E-state index is 5.97. The lowest BCUT2D eigenvalue weighted by Crippen LogP contribution is -1.99. The molecule has 0 spiro atoms. The van der Waals surface area contributed by atoms with Gasteiger partial charge in [0.15, 0.2) is 0 Å². The van der Waals surface area contributed by atoms with Crippen molar-refractivity contribution < 1.29 is 0 Å². The van der Waals surface area contributed by atoms with Crippen molar-refractivity contribution >= 4 is 5.82 Å². The van der Waals surface area contributed by atoms with Crippen LogP contribution in [0.2, 0.25) is 0 Å². The Hall–Kier alpha value is -2.56. The van der Waals surface area contributed by atoms with E-state index >= 15 is 0 Å². The van der Waals surface area contributed by atoms with E-state index in [9.17, 15) is 0 Å². The summed E-state index contributed by atoms with van der Waals surface area (Å²) in [5.41, 5.74) is 10.1. The highest BCUT2D eigenvalue weighted by Crippen LogP contribution is 2.25. The van der Waals surface area contributed by atoms with Gasteiger partial charge in [-0.25, -0.2) is 4.68 Å². The molecule has 0 aliphatic rings. The van der Waals surface area contributed by atoms with Gasteiger partial charge in [0.2, 0.25) is 0 Å². The van der Waals surface area contributed by atoms with Crippen molar-refractivity contribution in [2.24, 2.45) is 7.05 Å². The zero-order chi connectivity index (χ0) is 13.4. The quantitative estimate of drug-likeness (QED) is 0.761. The average molecular weight is 253 g/mol. The van der Waals surface area contributed by atoms with Crippen molar-refractivity contribution in [3.8, 4) is 16.8 Å². The molecule has 5 heteroatoms. The Labute approximate surface area is 111 Å². The molecule has 0 radical (unpaired) electrons. The predicted molar refractivity (Wildman–Crippen MR) is 74.9 cm³/mol. The summed E-state index contributed by atoms with van der Waals surface area (Å²) in [4.78, 5) is 0. The first-order valence-corrected chi connectivity index (χ1v) is 6.06. The number of rotatable bonds is 2. The predicted octanol–water partition coefficient (Wildman–Crippen LogP) is 2.16. The number of hydrogen-bond donors (Lipinski definition) is 1. The first-order chi connectivity index (χ1) is 9.16. The topological polar surface area (TPSA) is 61.7 Å². The van der Waals surface area contributed by atoms with Gasteiger partial charge in [-0.05, 0) is 30.7 Å². The Balaban J connectivity index is 2.00. The van der Waals surface area contributed by atoms with Crippen LogP contribution in [0.4, 0.5) is 5.82 Å². The van der Waals surface area contributed by atoms with Crippen LogP contribution in [0.5, 0.6) is 0 Å². The Morgan fingerprint density at radius 1 is 1.05 bits per heavy atom. The van der Waals surface area contributed by atoms with Crippen LogP contribution in [0.25, 0.3) is 16.8 Å². The third kappa shape index (κ3) is 1.89. The van der Waals surface area contributed by atoms with E-state index in [1.54, 1.807) is 17.1 Å². The molecule has 1 aromatic carbocycles. The van der Waals surface area contributed by atoms with Crippen LogP contribution in [0.1, 0.15) is 5.69 Å². The van der Waals surface area contributed by atoms with Crippen molar-refractivity contribution in [1.29, 1.82) is 0 Å². The first-order valence-electron chi connectivity index (χ1n) is 6.06. The van der Waals surface area contributed by atoms with Crippen LogP contribution in [-0.4, -0.2) is 19.6 Å². The lowest BCUT2D eigenvalue weighted by molar-refractivity contribution is 0.779. The van der Waals surface area contributed by atoms with E-state index in [1.807, 2.05) is 49.0 Å². The Morgan fingerprint density at radius 2 is 1.79 bits per heavy atom. The van der Waals surface area contributed by atoms with Gasteiger partial charge in [0, 0.05) is 24.5 Å². The lowest BCUT2D eigenvalue weighted by Gasteiger charge is -2.06. The van der Waals surface area contributed by atoms with Crippen LogP contribution in [-0.2, 0) is 7.05 Å². The summed E-state index contributed by atoms with van der Waals surface area (Å²) in [5.74, 6) is 0.669. The molecule has 0 saturated heterocycles. The number of aromatic nitrogens is 4. The highest BCUT2D eigenvalue weighted by molar-refractivity contribution is 5.74. The fraction of sp³-hybridized carbons (Fsp3) is 0.143. The minimum Gasteiger partial charge on any atom is -0.383 e. The van der Waals surface area contributed by atoms with Crippen molar-refractivity contribution in [3.63, 3.8) is 0 Å². The molecule has 2 aromatic heterocycles. The summed E-state index contributed by atoms with van der Waals surface area (Å²) in [6.45, 7) is 2.03. The third-order valence-corrected chi connectivity index (χ3v) is 3.24. The zero-order valence-corrected chi connectivity index (χ0v) is 10.9. The minimum absolute atomic E-state index is 0.669. The standard InChI is InChI=1S/C14H15N5/c1-10-7-8-16-19(10)12-5-3-11(4-6-12)13-9-17-18(2)14(13)15/h3-9H,15H2,1-2H3. The minimum atomic E-state index is 0.669. The molecule has 0 amide bonds. The van der Waals surface area contributed by atoms with Gasteiger partial charge in [0.05, 0.1) is 11.9 Å². The van der Waals surface area contributed by atoms with Crippen LogP contribution in [0.15, 0.2) is 42.7 Å². The fourth-order valence-electron chi connectivity index (χ4n) is 2.09. The van der Waals surface area contributed by atoms with E-state index in [0.717, 1.165) is 22.5 Å². The van der Waals surface area contributed by atoms with Gasteiger partial charge in [-0.3, -0.25) is 4.68 Å². The smallest absolute Gasteiger partial charge is 0.129 e. The Kier molecular flexibility index (Phi) is 2.59. The maximum Gasteiger partial charge on any atom is 0.129 e. The summed E-state index contributed by atoms with van der Waals surface area (Å²) in [7, 11) is 1.83. The van der Waals surface area contributed by atoms with Gasteiger partial charge in [0.1, 0.15) is 5.82 Å². The summed E-state index contributed by atoms with van der Waals surface area (Å²) >= 11 is 0. The Bertz CT molecular complexity index is 706. The number of aryl methyl sites for hydroxylation is 2. The molecule has 3 aromatic rings. The molecular weight excluding hydrogens is 238 g/mol. The molecule has 96 valence electrons. The molecule has 0 bridgehead atoms. The molecular formula is C14H15N5. The lowest BCUT2D eigenvalue weighted by atomic mass is 10.1. The van der Waals surface area contributed by atoms with Gasteiger partial charge < -0.3 is 5.73 Å². The maximum atomic E-state index is 5.97. The first kappa shape index (κ1) is 11.5. The van der Waals surface area contributed by atoms with Crippen molar-refractivity contribution in [2.45, 2.75) is 6.92 Å². The van der Waals surface area contributed by atoms with E-state index in [2.05, 4.69) is 10.2 Å². The number of anilines is 1. The molecule has 2 N–H and O–H groups in total. The molecule has 2 heterocycles. The molecule has 0 atom stereocenters. The molecule has 0 saturated carbocycles. The number of benzene rings is 1. The highest BCUT2D eigenvalue weighted by Gasteiger charge is 2.08. The normalized spacial score (nSPS) is 10.8. The summed E-state index contributed by atoms with van der Waals surface area (Å²) in [6, 6.07) is 10.1. The second kappa shape index (κ2) is 4.28. The Morgan fingerprint density at radius 3 is 2.32 bits per heavy atom. The van der Waals surface area contributed by atoms with E-state index in [1.165, 1.54) is 0 Å². The number of hydrogen-bond acceptors (Lipinski definition) is 3. The number of nitrogens with zero attached hydrogens (tertiary/aromatic N) is 4. The second-order valence-electron chi connectivity index (χ2n) is 4.50. The monoisotopic (exact) mass is 253 g/mol. The molecule has 0 aliphatic carbocycles. The molecule has 3 rings (SSSR count). The molecule has 19 heavy (non-hydrogen) atoms. The van der Waals surface area contributed by atoms with Crippen LogP contribution in [0.3, 0.4) is 0 Å². The summed E-state index contributed by atoms with van der Waals surface area (Å²) in [6.07, 6.45) is 3.58. The second-order valence-corrected chi connectivity index (χ2v) is 4.50. The highest BCUT2D eigenvalue weighted by atomic mass is 15.3. The van der Waals surface area contributed by atoms with E-state index < -0.39 is 0 Å². The average Bonchev–Trinajstić information content (AvgIpc) is 2.98. The summed E-state index contributed by atoms with van der Waals surface area (Å²) in [5, 5.41) is 8.44. The van der Waals surface area contributed by atoms with E-state index in [0.29, 0.717) is 5.82 Å². The molecule has 0 fully saturated rings. The van der Waals surface area contributed by atoms with Crippen LogP contribution < -0.4 is 5.73 Å². The van der Waals surface area contributed by atoms with Gasteiger partial charge in [0.25, 0.3) is 0 Å². The van der Waals surface area contributed by atoms with Crippen LogP contribution in [0, 0.1) is 6.92 Å². The van der Waals surface area contributed by atoms with Gasteiger partial charge in [-0.1, -0.05) is 12.1 Å². The summed E-state index contributed by atoms with van der Waals surface area (Å²) < 4.78 is 3.57. The largest absolute Gasteiger partial charge is 0.383 e. The molecule has 0 unspecified atom stereocenters. The van der Waals surface area contributed by atoms with E-state index in [-0.39, 0.29) is 0 Å². The van der Waals surface area contributed by atoms with Crippen LogP contribution >= 0.6 is 0 Å². The van der Waals surface area contributed by atoms with Crippen molar-refractivity contribution in [2.75, 3.05) is 5.73 Å². The SMILES string of the molecule is Cc1ccnn1-c1ccc(-c2cnn(C)c2N)cc1. The number of nitrogen functional groups attached to an aromatic ring is 1. The molecule has 5 nitrogen and oxygen atoms in total. The van der Waals surface area contributed by atoms with Gasteiger partial charge in [-0.2, -0.15) is 10.2 Å². The molecule has 0 aliphatic heterocycles. The number of nitrogens with two attached hydrogens (primary N) is 1. The van der Waals surface area contributed by atoms with E-state index in [4.69, 9.17) is 5.73 Å². The van der Waals surface area contributed by atoms with Crippen molar-refractivity contribution in [3.05, 3.63) is 48.4 Å². The fourth-order valence-corrected chi connectivity index (χ4v) is 2.09. The van der Waals surface area contributed by atoms with Gasteiger partial charge in [-0.15, -0.1) is 0 Å². The third-order valence-electron chi connectivity index (χ3n) is 3.24. The van der Waals surface area contributed by atoms with Crippen molar-refractivity contribution in [1.82, 2.24) is 19.6 Å². The van der Waals surface area contributed by atoms with Gasteiger partial charge >= 0.3 is 0 Å².